The van der Waals surface area contributed by atoms with Crippen molar-refractivity contribution in [2.24, 2.45) is 0 Å². The molecule has 3 saturated heterocycles. The summed E-state index contributed by atoms with van der Waals surface area (Å²) in [4.78, 5) is 13.5. The molecular formula is C87H153NO18. The number of nitrogens with one attached hydrogen (secondary N) is 1. The minimum atomic E-state index is -1.98. The molecule has 0 aromatic rings. The molecular weight excluding hydrogens is 1350 g/mol. The number of carbonyl (C=O) groups excluding carboxylic acids is 1. The second kappa shape index (κ2) is 66.3. The maximum atomic E-state index is 13.5. The highest BCUT2D eigenvalue weighted by molar-refractivity contribution is 5.76. The second-order valence-electron chi connectivity index (χ2n) is 29.9. The number of hydrogen-bond donors (Lipinski definition) is 12. The normalized spacial score (nSPS) is 26.1. The van der Waals surface area contributed by atoms with Crippen LogP contribution < -0.4 is 5.32 Å². The lowest BCUT2D eigenvalue weighted by atomic mass is 9.96. The van der Waals surface area contributed by atoms with Gasteiger partial charge in [-0.2, -0.15) is 0 Å². The van der Waals surface area contributed by atoms with Crippen LogP contribution in [0.3, 0.4) is 0 Å². The number of rotatable bonds is 67. The highest BCUT2D eigenvalue weighted by Gasteiger charge is 2.54. The number of carbonyl (C=O) groups is 1. The summed E-state index contributed by atoms with van der Waals surface area (Å²) in [7, 11) is 0. The van der Waals surface area contributed by atoms with Crippen LogP contribution in [0.2, 0.25) is 0 Å². The van der Waals surface area contributed by atoms with Crippen LogP contribution in [-0.4, -0.2) is 193 Å². The number of ether oxygens (including phenoxy) is 6. The van der Waals surface area contributed by atoms with Gasteiger partial charge < -0.3 is 89.9 Å². The third-order valence-electron chi connectivity index (χ3n) is 20.7. The van der Waals surface area contributed by atoms with E-state index in [1.807, 2.05) is 0 Å². The van der Waals surface area contributed by atoms with Crippen molar-refractivity contribution >= 4 is 5.91 Å². The highest BCUT2D eigenvalue weighted by Crippen LogP contribution is 2.33. The summed E-state index contributed by atoms with van der Waals surface area (Å²) in [6, 6.07) is -0.898. The molecule has 3 aliphatic heterocycles. The van der Waals surface area contributed by atoms with E-state index in [0.29, 0.717) is 12.8 Å². The number of amides is 1. The third-order valence-corrected chi connectivity index (χ3v) is 20.7. The predicted octanol–water partition coefficient (Wildman–Crippen LogP) is 15.1. The average Bonchev–Trinajstić information content (AvgIpc) is 0.779. The summed E-state index contributed by atoms with van der Waals surface area (Å²) in [6.07, 6.45) is 63.4. The van der Waals surface area contributed by atoms with Gasteiger partial charge in [0.25, 0.3) is 0 Å². The van der Waals surface area contributed by atoms with E-state index in [-0.39, 0.29) is 18.9 Å². The molecule has 3 heterocycles. The van der Waals surface area contributed by atoms with Crippen LogP contribution in [0, 0.1) is 0 Å². The van der Waals surface area contributed by atoms with Gasteiger partial charge >= 0.3 is 0 Å². The fourth-order valence-corrected chi connectivity index (χ4v) is 13.9. The molecule has 0 aliphatic carbocycles. The van der Waals surface area contributed by atoms with Crippen molar-refractivity contribution in [2.75, 3.05) is 26.4 Å². The zero-order valence-corrected chi connectivity index (χ0v) is 65.9. The molecule has 0 radical (unpaired) electrons. The van der Waals surface area contributed by atoms with Gasteiger partial charge in [-0.15, -0.1) is 0 Å². The van der Waals surface area contributed by atoms with Gasteiger partial charge in [-0.25, -0.2) is 0 Å². The Morgan fingerprint density at radius 3 is 1.02 bits per heavy atom. The van der Waals surface area contributed by atoms with Gasteiger partial charge in [0, 0.05) is 6.42 Å². The monoisotopic (exact) mass is 1500 g/mol. The fourth-order valence-electron chi connectivity index (χ4n) is 13.9. The number of aliphatic hydroxyl groups excluding tert-OH is 11. The van der Waals surface area contributed by atoms with E-state index in [0.717, 1.165) is 109 Å². The van der Waals surface area contributed by atoms with E-state index in [4.69, 9.17) is 28.4 Å². The Bertz CT molecular complexity index is 2290. The predicted molar refractivity (Wildman–Crippen MR) is 424 cm³/mol. The van der Waals surface area contributed by atoms with Crippen molar-refractivity contribution < 1.29 is 89.4 Å². The minimum absolute atomic E-state index is 0.247. The number of unbranched alkanes of at least 4 members (excludes halogenated alkanes) is 35. The number of allylic oxidation sites excluding steroid dienone is 16. The van der Waals surface area contributed by atoms with Crippen LogP contribution in [0.4, 0.5) is 0 Å². The molecule has 0 spiro atoms. The Morgan fingerprint density at radius 1 is 0.349 bits per heavy atom. The topological polar surface area (TPSA) is 307 Å². The molecule has 3 aliphatic rings. The van der Waals surface area contributed by atoms with Gasteiger partial charge in [-0.05, 0) is 77.0 Å². The van der Waals surface area contributed by atoms with Crippen LogP contribution in [-0.2, 0) is 33.2 Å². The molecule has 1 amide bonds. The van der Waals surface area contributed by atoms with E-state index in [1.165, 1.54) is 173 Å². The lowest BCUT2D eigenvalue weighted by Gasteiger charge is -2.48. The first kappa shape index (κ1) is 96.9. The van der Waals surface area contributed by atoms with E-state index in [2.05, 4.69) is 116 Å². The van der Waals surface area contributed by atoms with Crippen LogP contribution in [0.25, 0.3) is 0 Å². The molecule has 0 bridgehead atoms. The van der Waals surface area contributed by atoms with E-state index in [1.54, 1.807) is 0 Å². The van der Waals surface area contributed by atoms with Crippen molar-refractivity contribution in [2.45, 2.75) is 420 Å². The molecule has 0 saturated carbocycles. The first-order chi connectivity index (χ1) is 51.8. The second-order valence-corrected chi connectivity index (χ2v) is 29.9. The molecule has 19 nitrogen and oxygen atoms in total. The molecule has 3 rings (SSSR count). The fraction of sp³-hybridized carbons (Fsp3) is 0.805. The summed E-state index contributed by atoms with van der Waals surface area (Å²) in [5.74, 6) is -0.247. The zero-order valence-electron chi connectivity index (χ0n) is 65.9. The van der Waals surface area contributed by atoms with Gasteiger partial charge in [0.1, 0.15) is 73.2 Å². The minimum Gasteiger partial charge on any atom is -0.394 e. The molecule has 17 unspecified atom stereocenters. The van der Waals surface area contributed by atoms with Crippen LogP contribution in [0.5, 0.6) is 0 Å². The third kappa shape index (κ3) is 45.3. The summed E-state index contributed by atoms with van der Waals surface area (Å²) >= 11 is 0. The van der Waals surface area contributed by atoms with Gasteiger partial charge in [0.15, 0.2) is 18.9 Å². The quantitative estimate of drug-likeness (QED) is 0.0199. The average molecular weight is 1500 g/mol. The molecule has 17 atom stereocenters. The largest absolute Gasteiger partial charge is 0.394 e. The molecule has 0 aromatic heterocycles. The van der Waals surface area contributed by atoms with Gasteiger partial charge in [-0.3, -0.25) is 4.79 Å². The first-order valence-electron chi connectivity index (χ1n) is 42.5. The zero-order chi connectivity index (χ0) is 76.7. The van der Waals surface area contributed by atoms with Crippen molar-refractivity contribution in [3.8, 4) is 0 Å². The SMILES string of the molecule is CC/C=C\C/C=C\C/C=C\C/C=C\C/C=C\C/C=C\C/C=C\C/C=C\CCCCCCCCCCCCC(=O)NC(COC1OC(CO)C(OC2OC(CO)C(OC3OC(CO)C(O)C(O)C3O)C(O)C2O)C(O)C1O)C(O)CCCCCCCCCCCCCCCCCCCCCCCCCCCC. The van der Waals surface area contributed by atoms with Crippen LogP contribution in [0.15, 0.2) is 97.2 Å². The molecule has 106 heavy (non-hydrogen) atoms. The van der Waals surface area contributed by atoms with Crippen LogP contribution in [0.1, 0.15) is 316 Å². The summed E-state index contributed by atoms with van der Waals surface area (Å²) in [5.41, 5.74) is 0. The van der Waals surface area contributed by atoms with Gasteiger partial charge in [0.05, 0.1) is 38.6 Å². The van der Waals surface area contributed by atoms with E-state index in [9.17, 15) is 61.0 Å². The highest BCUT2D eigenvalue weighted by atomic mass is 16.8. The molecule has 3 fully saturated rings. The van der Waals surface area contributed by atoms with Crippen LogP contribution >= 0.6 is 0 Å². The molecule has 614 valence electrons. The lowest BCUT2D eigenvalue weighted by molar-refractivity contribution is -0.379. The van der Waals surface area contributed by atoms with Crippen molar-refractivity contribution in [1.82, 2.24) is 5.32 Å². The maximum Gasteiger partial charge on any atom is 0.220 e. The van der Waals surface area contributed by atoms with Crippen molar-refractivity contribution in [3.63, 3.8) is 0 Å². The van der Waals surface area contributed by atoms with E-state index >= 15 is 0 Å². The Kier molecular flexibility index (Phi) is 60.6. The smallest absolute Gasteiger partial charge is 0.220 e. The molecule has 12 N–H and O–H groups in total. The van der Waals surface area contributed by atoms with Gasteiger partial charge in [-0.1, -0.05) is 329 Å². The van der Waals surface area contributed by atoms with Crippen molar-refractivity contribution in [3.05, 3.63) is 97.2 Å². The Hall–Kier alpha value is -3.29. The lowest BCUT2D eigenvalue weighted by Crippen LogP contribution is -2.66. The summed E-state index contributed by atoms with van der Waals surface area (Å²) in [6.45, 7) is 1.72. The Morgan fingerprint density at radius 2 is 0.651 bits per heavy atom. The first-order valence-corrected chi connectivity index (χ1v) is 42.5. The molecule has 19 heteroatoms. The van der Waals surface area contributed by atoms with Gasteiger partial charge in [0.2, 0.25) is 5.91 Å². The van der Waals surface area contributed by atoms with E-state index < -0.39 is 124 Å². The number of hydrogen-bond acceptors (Lipinski definition) is 18. The molecule has 0 aromatic carbocycles. The Balaban J connectivity index is 1.35. The maximum absolute atomic E-state index is 13.5. The Labute approximate surface area is 641 Å². The summed E-state index contributed by atoms with van der Waals surface area (Å²) < 4.78 is 34.6. The van der Waals surface area contributed by atoms with Crippen molar-refractivity contribution in [1.29, 1.82) is 0 Å². The number of aliphatic hydroxyl groups is 11. The standard InChI is InChI=1S/C87H153NO18/c1-3-5-7-9-11-13-15-17-19-21-23-25-27-29-31-32-33-34-35-36-37-38-39-41-43-45-47-49-51-53-55-57-59-61-63-65-75(93)88-70(71(92)64-62-60-58-56-54-52-50-48-46-44-42-40-30-28-26-24-22-20-18-16-14-12-10-8-6-4-2)69-101-85-81(99)78(96)83(73(67-90)103-85)106-87-82(100)79(97)84(74(68-91)104-87)105-86-80(98)77(95)76(94)72(66-89)102-86/h5,7,11,13,17,19,23,25,29,31,33-34,36-37,39,41,70-74,76-87,89-92,94-100H,3-4,6,8-10,12,14-16,18,20-22,24,26-28,30,32,35,38,40,42-69H2,1-2H3,(H,88,93)/b7-5-,13-11-,19-17-,25-23-,31-29-,34-33-,37-36-,41-39-. The summed E-state index contributed by atoms with van der Waals surface area (Å²) in [5, 5.41) is 121.